The summed E-state index contributed by atoms with van der Waals surface area (Å²) in [5, 5.41) is 7.47. The van der Waals surface area contributed by atoms with Gasteiger partial charge in [-0.25, -0.2) is 4.79 Å². The van der Waals surface area contributed by atoms with Crippen LogP contribution in [-0.2, 0) is 10.9 Å². The topological polar surface area (TPSA) is 61.3 Å². The normalized spacial score (nSPS) is 11.1. The van der Waals surface area contributed by atoms with Gasteiger partial charge in [0.05, 0.1) is 31.0 Å². The standard InChI is InChI=1S/C14H11F3N2O3/c1-21-12-6-5-11(18-19-12)8-3-4-9(13(20)22-2)10(7-8)14(15,16)17/h3-7H,1-2H3. The molecule has 0 unspecified atom stereocenters. The molecule has 0 saturated heterocycles. The third kappa shape index (κ3) is 3.16. The van der Waals surface area contributed by atoms with E-state index >= 15 is 0 Å². The maximum atomic E-state index is 13.1. The lowest BCUT2D eigenvalue weighted by Crippen LogP contribution is -2.14. The number of rotatable bonds is 3. The molecule has 2 aromatic rings. The minimum atomic E-state index is -4.70. The van der Waals surface area contributed by atoms with Crippen molar-refractivity contribution >= 4 is 5.97 Å². The summed E-state index contributed by atoms with van der Waals surface area (Å²) in [4.78, 5) is 11.4. The van der Waals surface area contributed by atoms with Crippen LogP contribution in [0.2, 0.25) is 0 Å². The Morgan fingerprint density at radius 1 is 1.09 bits per heavy atom. The molecule has 0 fully saturated rings. The monoisotopic (exact) mass is 312 g/mol. The molecule has 0 bridgehead atoms. The number of aromatic nitrogens is 2. The summed E-state index contributed by atoms with van der Waals surface area (Å²) in [7, 11) is 2.42. The van der Waals surface area contributed by atoms with E-state index in [-0.39, 0.29) is 17.1 Å². The van der Waals surface area contributed by atoms with Crippen LogP contribution in [0.15, 0.2) is 30.3 Å². The summed E-state index contributed by atoms with van der Waals surface area (Å²) >= 11 is 0. The van der Waals surface area contributed by atoms with E-state index in [0.717, 1.165) is 19.2 Å². The van der Waals surface area contributed by atoms with E-state index in [1.54, 1.807) is 0 Å². The summed E-state index contributed by atoms with van der Waals surface area (Å²) in [6, 6.07) is 6.18. The number of hydrogen-bond donors (Lipinski definition) is 0. The van der Waals surface area contributed by atoms with E-state index in [2.05, 4.69) is 14.9 Å². The van der Waals surface area contributed by atoms with Crippen LogP contribution >= 0.6 is 0 Å². The maximum Gasteiger partial charge on any atom is 0.417 e. The zero-order valence-electron chi connectivity index (χ0n) is 11.6. The number of nitrogens with zero attached hydrogens (tertiary/aromatic N) is 2. The molecule has 22 heavy (non-hydrogen) atoms. The van der Waals surface area contributed by atoms with Crippen molar-refractivity contribution in [3.8, 4) is 17.1 Å². The fourth-order valence-corrected chi connectivity index (χ4v) is 1.81. The molecule has 8 heteroatoms. The van der Waals surface area contributed by atoms with Crippen LogP contribution in [0.3, 0.4) is 0 Å². The molecule has 0 spiro atoms. The predicted octanol–water partition coefficient (Wildman–Crippen LogP) is 2.96. The molecule has 0 atom stereocenters. The second-order valence-electron chi connectivity index (χ2n) is 4.21. The maximum absolute atomic E-state index is 13.1. The highest BCUT2D eigenvalue weighted by atomic mass is 19.4. The molecule has 0 aliphatic heterocycles. The van der Waals surface area contributed by atoms with Crippen LogP contribution in [0.1, 0.15) is 15.9 Å². The quantitative estimate of drug-likeness (QED) is 0.815. The first-order chi connectivity index (χ1) is 10.4. The largest absolute Gasteiger partial charge is 0.480 e. The zero-order chi connectivity index (χ0) is 16.3. The molecule has 0 amide bonds. The van der Waals surface area contributed by atoms with Gasteiger partial charge < -0.3 is 9.47 Å². The summed E-state index contributed by atoms with van der Waals surface area (Å²) < 4.78 is 48.5. The number of alkyl halides is 3. The number of benzene rings is 1. The van der Waals surface area contributed by atoms with Crippen molar-refractivity contribution in [2.75, 3.05) is 14.2 Å². The van der Waals surface area contributed by atoms with Gasteiger partial charge in [-0.3, -0.25) is 0 Å². The minimum Gasteiger partial charge on any atom is -0.480 e. The summed E-state index contributed by atoms with van der Waals surface area (Å²) in [5.74, 6) is -0.814. The molecule has 0 saturated carbocycles. The number of halogens is 3. The van der Waals surface area contributed by atoms with E-state index in [4.69, 9.17) is 4.74 Å². The molecule has 0 radical (unpaired) electrons. The van der Waals surface area contributed by atoms with Gasteiger partial charge in [0.25, 0.3) is 0 Å². The van der Waals surface area contributed by atoms with Gasteiger partial charge in [-0.05, 0) is 18.2 Å². The fourth-order valence-electron chi connectivity index (χ4n) is 1.81. The number of carbonyl (C=O) groups excluding carboxylic acids is 1. The first kappa shape index (κ1) is 15.7. The van der Waals surface area contributed by atoms with Gasteiger partial charge in [-0.15, -0.1) is 10.2 Å². The third-order valence-electron chi connectivity index (χ3n) is 2.88. The van der Waals surface area contributed by atoms with Crippen molar-refractivity contribution in [2.24, 2.45) is 0 Å². The number of methoxy groups -OCH3 is 2. The smallest absolute Gasteiger partial charge is 0.417 e. The lowest BCUT2D eigenvalue weighted by Gasteiger charge is -2.13. The Kier molecular flexibility index (Phi) is 4.30. The highest BCUT2D eigenvalue weighted by Gasteiger charge is 2.36. The van der Waals surface area contributed by atoms with E-state index in [1.165, 1.54) is 25.3 Å². The second-order valence-corrected chi connectivity index (χ2v) is 4.21. The molecule has 116 valence electrons. The molecule has 5 nitrogen and oxygen atoms in total. The lowest BCUT2D eigenvalue weighted by atomic mass is 10.0. The Morgan fingerprint density at radius 2 is 1.82 bits per heavy atom. The average Bonchev–Trinajstić information content (AvgIpc) is 2.53. The fraction of sp³-hybridized carbons (Fsp3) is 0.214. The van der Waals surface area contributed by atoms with Crippen LogP contribution in [0.5, 0.6) is 5.88 Å². The van der Waals surface area contributed by atoms with Gasteiger partial charge in [0, 0.05) is 11.6 Å². The Morgan fingerprint density at radius 3 is 2.32 bits per heavy atom. The Bertz CT molecular complexity index is 685. The highest BCUT2D eigenvalue weighted by Crippen LogP contribution is 2.35. The molecule has 0 aliphatic rings. The molecule has 1 aromatic carbocycles. The first-order valence-electron chi connectivity index (χ1n) is 6.04. The molecule has 0 aliphatic carbocycles. The van der Waals surface area contributed by atoms with Crippen LogP contribution in [0, 0.1) is 0 Å². The van der Waals surface area contributed by atoms with Crippen LogP contribution in [0.25, 0.3) is 11.3 Å². The van der Waals surface area contributed by atoms with Crippen molar-refractivity contribution in [2.45, 2.75) is 6.18 Å². The molecular formula is C14H11F3N2O3. The lowest BCUT2D eigenvalue weighted by molar-refractivity contribution is -0.138. The molecule has 2 rings (SSSR count). The molecular weight excluding hydrogens is 301 g/mol. The zero-order valence-corrected chi connectivity index (χ0v) is 11.6. The van der Waals surface area contributed by atoms with Crippen LogP contribution in [-0.4, -0.2) is 30.4 Å². The number of hydrogen-bond acceptors (Lipinski definition) is 5. The van der Waals surface area contributed by atoms with Crippen molar-refractivity contribution in [3.63, 3.8) is 0 Å². The second kappa shape index (κ2) is 6.00. The molecule has 1 aromatic heterocycles. The van der Waals surface area contributed by atoms with Crippen molar-refractivity contribution in [1.29, 1.82) is 0 Å². The van der Waals surface area contributed by atoms with Gasteiger partial charge in [0.15, 0.2) is 0 Å². The van der Waals surface area contributed by atoms with E-state index in [0.29, 0.717) is 0 Å². The van der Waals surface area contributed by atoms with E-state index < -0.39 is 23.3 Å². The van der Waals surface area contributed by atoms with E-state index in [9.17, 15) is 18.0 Å². The summed E-state index contributed by atoms with van der Waals surface area (Å²) in [5.41, 5.74) is -1.24. The van der Waals surface area contributed by atoms with Crippen molar-refractivity contribution in [3.05, 3.63) is 41.5 Å². The SMILES string of the molecule is COC(=O)c1ccc(-c2ccc(OC)nn2)cc1C(F)(F)F. The Hall–Kier alpha value is -2.64. The van der Waals surface area contributed by atoms with Gasteiger partial charge in [-0.2, -0.15) is 13.2 Å². The molecule has 1 heterocycles. The van der Waals surface area contributed by atoms with Crippen LogP contribution in [0.4, 0.5) is 13.2 Å². The van der Waals surface area contributed by atoms with Gasteiger partial charge >= 0.3 is 12.1 Å². The average molecular weight is 312 g/mol. The number of ether oxygens (including phenoxy) is 2. The summed E-state index contributed by atoms with van der Waals surface area (Å²) in [6.07, 6.45) is -4.70. The van der Waals surface area contributed by atoms with Gasteiger partial charge in [0.2, 0.25) is 5.88 Å². The van der Waals surface area contributed by atoms with Crippen molar-refractivity contribution < 1.29 is 27.4 Å². The van der Waals surface area contributed by atoms with E-state index in [1.807, 2.05) is 0 Å². The van der Waals surface area contributed by atoms with Crippen LogP contribution < -0.4 is 4.74 Å². The first-order valence-corrected chi connectivity index (χ1v) is 6.04. The molecule has 0 N–H and O–H groups in total. The minimum absolute atomic E-state index is 0.176. The Labute approximate surface area is 123 Å². The highest BCUT2D eigenvalue weighted by molar-refractivity contribution is 5.92. The predicted molar refractivity (Wildman–Crippen MR) is 70.4 cm³/mol. The Balaban J connectivity index is 2.52. The third-order valence-corrected chi connectivity index (χ3v) is 2.88. The van der Waals surface area contributed by atoms with Crippen molar-refractivity contribution in [1.82, 2.24) is 10.2 Å². The number of esters is 1. The summed E-state index contributed by atoms with van der Waals surface area (Å²) in [6.45, 7) is 0. The van der Waals surface area contributed by atoms with Gasteiger partial charge in [-0.1, -0.05) is 6.07 Å². The van der Waals surface area contributed by atoms with Gasteiger partial charge in [0.1, 0.15) is 0 Å². The number of carbonyl (C=O) groups is 1.